The van der Waals surface area contributed by atoms with Crippen LogP contribution in [0.15, 0.2) is 72.8 Å². The first-order valence-corrected chi connectivity index (χ1v) is 16.0. The van der Waals surface area contributed by atoms with Gasteiger partial charge in [-0.1, -0.05) is 79.9 Å². The second kappa shape index (κ2) is 12.4. The van der Waals surface area contributed by atoms with E-state index in [4.69, 9.17) is 16.3 Å². The molecule has 2 amide bonds. The van der Waals surface area contributed by atoms with Crippen LogP contribution in [0.4, 0.5) is 11.4 Å². The largest absolute Gasteiger partial charge is 0.454 e. The number of imide groups is 1. The fourth-order valence-electron chi connectivity index (χ4n) is 5.75. The SMILES string of the molecule is O=C(COC(=O)c1cc(-c2ccc(N3C(=O)C4CC(Br)C(Br)CC4C3=O)cc2)nc2c(Cl)cccc12)c1cccc([N+](=O)[O-])c1. The van der Waals surface area contributed by atoms with Crippen molar-refractivity contribution in [2.24, 2.45) is 11.8 Å². The van der Waals surface area contributed by atoms with E-state index in [1.54, 1.807) is 42.5 Å². The molecule has 1 saturated heterocycles. The van der Waals surface area contributed by atoms with Gasteiger partial charge in [-0.25, -0.2) is 9.78 Å². The monoisotopic (exact) mass is 753 g/mol. The van der Waals surface area contributed by atoms with Crippen LogP contribution in [0.5, 0.6) is 0 Å². The molecule has 1 aliphatic carbocycles. The number of para-hydroxylation sites is 1. The Kier molecular flexibility index (Phi) is 8.55. The summed E-state index contributed by atoms with van der Waals surface area (Å²) in [5, 5.41) is 11.8. The Morgan fingerprint density at radius 1 is 0.956 bits per heavy atom. The van der Waals surface area contributed by atoms with Crippen molar-refractivity contribution < 1.29 is 28.8 Å². The highest BCUT2D eigenvalue weighted by Crippen LogP contribution is 2.44. The molecular formula is C32H22Br2ClN3O7. The van der Waals surface area contributed by atoms with Crippen molar-refractivity contribution in [3.63, 3.8) is 0 Å². The minimum atomic E-state index is -0.813. The number of pyridine rings is 1. The van der Waals surface area contributed by atoms with E-state index in [9.17, 15) is 29.3 Å². The molecule has 4 atom stereocenters. The Hall–Kier alpha value is -4.00. The van der Waals surface area contributed by atoms with Crippen LogP contribution >= 0.6 is 43.5 Å². The third-order valence-corrected chi connectivity index (χ3v) is 11.1. The van der Waals surface area contributed by atoms with Gasteiger partial charge in [-0.15, -0.1) is 0 Å². The third-order valence-electron chi connectivity index (χ3n) is 8.06. The molecule has 1 saturated carbocycles. The molecule has 13 heteroatoms. The summed E-state index contributed by atoms with van der Waals surface area (Å²) in [5.74, 6) is -2.62. The average Bonchev–Trinajstić information content (AvgIpc) is 3.27. The van der Waals surface area contributed by atoms with Crippen molar-refractivity contribution in [3.8, 4) is 11.3 Å². The molecule has 0 spiro atoms. The Balaban J connectivity index is 1.27. The number of benzene rings is 3. The van der Waals surface area contributed by atoms with Crippen LogP contribution in [0, 0.1) is 22.0 Å². The van der Waals surface area contributed by atoms with Crippen molar-refractivity contribution in [3.05, 3.63) is 99.1 Å². The number of anilines is 1. The highest BCUT2D eigenvalue weighted by atomic mass is 79.9. The zero-order valence-corrected chi connectivity index (χ0v) is 27.1. The first-order chi connectivity index (χ1) is 21.5. The number of amides is 2. The summed E-state index contributed by atoms with van der Waals surface area (Å²) in [6, 6.07) is 18.3. The smallest absolute Gasteiger partial charge is 0.339 e. The summed E-state index contributed by atoms with van der Waals surface area (Å²) in [7, 11) is 0. The van der Waals surface area contributed by atoms with Gasteiger partial charge in [0.1, 0.15) is 0 Å². The number of nitrogens with zero attached hydrogens (tertiary/aromatic N) is 3. The zero-order chi connectivity index (χ0) is 32.0. The normalized spacial score (nSPS) is 21.1. The molecule has 0 N–H and O–H groups in total. The summed E-state index contributed by atoms with van der Waals surface area (Å²) in [6.07, 6.45) is 1.13. The van der Waals surface area contributed by atoms with E-state index in [1.807, 2.05) is 0 Å². The van der Waals surface area contributed by atoms with E-state index in [1.165, 1.54) is 29.2 Å². The lowest BCUT2D eigenvalue weighted by Crippen LogP contribution is -2.34. The molecule has 45 heavy (non-hydrogen) atoms. The predicted molar refractivity (Wildman–Crippen MR) is 174 cm³/mol. The number of carbonyl (C=O) groups excluding carboxylic acids is 4. The number of alkyl halides is 2. The standard InChI is InChI=1S/C32H22Br2ClN3O7/c33-24-12-21-22(13-25(24)34)31(41)37(30(21)40)18-9-7-16(8-10-18)27-14-23(20-5-2-6-26(35)29(20)36-27)32(42)45-15-28(39)17-3-1-4-19(11-17)38(43)44/h1-11,14,21-22,24-25H,12-13,15H2. The summed E-state index contributed by atoms with van der Waals surface area (Å²) in [6.45, 7) is -0.639. The molecule has 0 bridgehead atoms. The van der Waals surface area contributed by atoms with Crippen molar-refractivity contribution in [2.75, 3.05) is 11.5 Å². The minimum Gasteiger partial charge on any atom is -0.454 e. The Labute approximate surface area is 278 Å². The van der Waals surface area contributed by atoms with Gasteiger partial charge in [-0.3, -0.25) is 29.4 Å². The van der Waals surface area contributed by atoms with Gasteiger partial charge in [0.25, 0.3) is 5.69 Å². The lowest BCUT2D eigenvalue weighted by molar-refractivity contribution is -0.384. The molecule has 4 aromatic rings. The lowest BCUT2D eigenvalue weighted by atomic mass is 9.81. The zero-order valence-electron chi connectivity index (χ0n) is 23.2. The van der Waals surface area contributed by atoms with Gasteiger partial charge in [-0.05, 0) is 37.1 Å². The quantitative estimate of drug-likeness (QED) is 0.0495. The number of rotatable bonds is 7. The fraction of sp³-hybridized carbons (Fsp3) is 0.219. The minimum absolute atomic E-state index is 0.0358. The number of nitro groups is 1. The van der Waals surface area contributed by atoms with Gasteiger partial charge in [-0.2, -0.15) is 0 Å². The molecule has 4 unspecified atom stereocenters. The molecule has 1 aromatic heterocycles. The second-order valence-electron chi connectivity index (χ2n) is 10.8. The summed E-state index contributed by atoms with van der Waals surface area (Å²) in [5.41, 5.74) is 1.62. The van der Waals surface area contributed by atoms with Gasteiger partial charge < -0.3 is 4.74 Å². The predicted octanol–water partition coefficient (Wildman–Crippen LogP) is 6.93. The van der Waals surface area contributed by atoms with Crippen LogP contribution in [0.1, 0.15) is 33.6 Å². The van der Waals surface area contributed by atoms with E-state index >= 15 is 0 Å². The average molecular weight is 756 g/mol. The van der Waals surface area contributed by atoms with Crippen molar-refractivity contribution in [2.45, 2.75) is 22.5 Å². The molecule has 228 valence electrons. The number of hydrogen-bond donors (Lipinski definition) is 0. The summed E-state index contributed by atoms with van der Waals surface area (Å²) in [4.78, 5) is 69.0. The first-order valence-electron chi connectivity index (χ1n) is 13.8. The summed E-state index contributed by atoms with van der Waals surface area (Å²) < 4.78 is 5.34. The van der Waals surface area contributed by atoms with Gasteiger partial charge in [0.05, 0.1) is 44.2 Å². The molecule has 2 fully saturated rings. The maximum absolute atomic E-state index is 13.3. The molecule has 10 nitrogen and oxygen atoms in total. The number of hydrogen-bond acceptors (Lipinski definition) is 8. The van der Waals surface area contributed by atoms with Crippen LogP contribution in [0.2, 0.25) is 5.02 Å². The molecular weight excluding hydrogens is 734 g/mol. The number of ketones is 1. The fourth-order valence-corrected chi connectivity index (χ4v) is 7.20. The van der Waals surface area contributed by atoms with Crippen molar-refractivity contribution in [1.29, 1.82) is 0 Å². The number of esters is 1. The number of ether oxygens (including phenoxy) is 1. The highest BCUT2D eigenvalue weighted by Gasteiger charge is 2.52. The van der Waals surface area contributed by atoms with E-state index in [2.05, 4.69) is 36.8 Å². The van der Waals surface area contributed by atoms with E-state index in [0.717, 1.165) is 6.07 Å². The van der Waals surface area contributed by atoms with Crippen LogP contribution in [-0.4, -0.2) is 49.7 Å². The topological polar surface area (TPSA) is 137 Å². The molecule has 0 radical (unpaired) electrons. The van der Waals surface area contributed by atoms with E-state index < -0.39 is 23.3 Å². The van der Waals surface area contributed by atoms with Crippen LogP contribution < -0.4 is 4.90 Å². The van der Waals surface area contributed by atoms with E-state index in [-0.39, 0.29) is 50.1 Å². The van der Waals surface area contributed by atoms with Crippen molar-refractivity contribution in [1.82, 2.24) is 4.98 Å². The van der Waals surface area contributed by atoms with Crippen LogP contribution in [-0.2, 0) is 14.3 Å². The van der Waals surface area contributed by atoms with Gasteiger partial charge >= 0.3 is 5.97 Å². The number of non-ortho nitro benzene ring substituents is 1. The Morgan fingerprint density at radius 2 is 1.60 bits per heavy atom. The second-order valence-corrected chi connectivity index (χ2v) is 13.5. The molecule has 1 aliphatic heterocycles. The molecule has 3 aromatic carbocycles. The number of fused-ring (bicyclic) bond motifs is 2. The van der Waals surface area contributed by atoms with E-state index in [0.29, 0.717) is 45.7 Å². The van der Waals surface area contributed by atoms with Crippen LogP contribution in [0.3, 0.4) is 0 Å². The number of Topliss-reactive ketones (excluding diaryl/α,β-unsaturated/α-hetero) is 1. The van der Waals surface area contributed by atoms with Crippen LogP contribution in [0.25, 0.3) is 22.2 Å². The van der Waals surface area contributed by atoms with Gasteiger partial charge in [0, 0.05) is 38.3 Å². The number of aromatic nitrogens is 1. The Bertz CT molecular complexity index is 1870. The van der Waals surface area contributed by atoms with Crippen molar-refractivity contribution >= 4 is 89.3 Å². The number of carbonyl (C=O) groups is 4. The molecule has 6 rings (SSSR count). The maximum Gasteiger partial charge on any atom is 0.339 e. The Morgan fingerprint density at radius 3 is 2.24 bits per heavy atom. The first kappa shape index (κ1) is 31.0. The summed E-state index contributed by atoms with van der Waals surface area (Å²) >= 11 is 13.7. The number of nitro benzene ring substituents is 1. The number of halogens is 3. The van der Waals surface area contributed by atoms with Gasteiger partial charge in [0.15, 0.2) is 6.61 Å². The highest BCUT2D eigenvalue weighted by molar-refractivity contribution is 9.12. The molecule has 2 heterocycles. The lowest BCUT2D eigenvalue weighted by Gasteiger charge is -2.29. The van der Waals surface area contributed by atoms with Gasteiger partial charge in [0.2, 0.25) is 17.6 Å². The molecule has 2 aliphatic rings. The maximum atomic E-state index is 13.3. The third kappa shape index (κ3) is 5.89.